The van der Waals surface area contributed by atoms with E-state index >= 15 is 0 Å². The highest BCUT2D eigenvalue weighted by atomic mass is 32.2. The maximum Gasteiger partial charge on any atom is 0.223 e. The van der Waals surface area contributed by atoms with Crippen molar-refractivity contribution >= 4 is 15.9 Å². The molecule has 1 saturated heterocycles. The molecule has 1 saturated carbocycles. The third kappa shape index (κ3) is 2.55. The van der Waals surface area contributed by atoms with E-state index in [1.165, 1.54) is 10.6 Å². The maximum absolute atomic E-state index is 11.7. The standard InChI is InChI=1S/C10H18N2O3S/c1-16(14,15)12-6-5-9(7-12)11-10(13)8-3-2-4-8/h8-9H,2-7H2,1H3,(H,11,13). The van der Waals surface area contributed by atoms with Crippen LogP contribution in [0.5, 0.6) is 0 Å². The number of rotatable bonds is 3. The Morgan fingerprint density at radius 1 is 1.31 bits per heavy atom. The molecule has 92 valence electrons. The molecular formula is C10H18N2O3S. The molecule has 1 aliphatic carbocycles. The molecule has 0 radical (unpaired) electrons. The van der Waals surface area contributed by atoms with Crippen LogP contribution in [0.3, 0.4) is 0 Å². The van der Waals surface area contributed by atoms with Gasteiger partial charge in [0.1, 0.15) is 0 Å². The Morgan fingerprint density at radius 3 is 2.44 bits per heavy atom. The Morgan fingerprint density at radius 2 is 2.00 bits per heavy atom. The van der Waals surface area contributed by atoms with Gasteiger partial charge in [-0.15, -0.1) is 0 Å². The fourth-order valence-corrected chi connectivity index (χ4v) is 3.02. The van der Waals surface area contributed by atoms with Crippen LogP contribution in [0, 0.1) is 5.92 Å². The number of hydrogen-bond donors (Lipinski definition) is 1. The quantitative estimate of drug-likeness (QED) is 0.758. The van der Waals surface area contributed by atoms with E-state index in [4.69, 9.17) is 0 Å². The highest BCUT2D eigenvalue weighted by Crippen LogP contribution is 2.26. The zero-order valence-corrected chi connectivity index (χ0v) is 10.3. The first-order valence-electron chi connectivity index (χ1n) is 5.72. The van der Waals surface area contributed by atoms with Crippen LogP contribution in [0.1, 0.15) is 25.7 Å². The molecule has 16 heavy (non-hydrogen) atoms. The van der Waals surface area contributed by atoms with Crippen LogP contribution in [-0.2, 0) is 14.8 Å². The molecule has 0 aromatic rings. The number of nitrogens with one attached hydrogen (secondary N) is 1. The van der Waals surface area contributed by atoms with E-state index in [2.05, 4.69) is 5.32 Å². The summed E-state index contributed by atoms with van der Waals surface area (Å²) in [6, 6.07) is 0.00262. The molecule has 1 amide bonds. The van der Waals surface area contributed by atoms with Crippen molar-refractivity contribution in [1.29, 1.82) is 0 Å². The van der Waals surface area contributed by atoms with Gasteiger partial charge in [0.2, 0.25) is 15.9 Å². The van der Waals surface area contributed by atoms with Crippen molar-refractivity contribution in [2.45, 2.75) is 31.7 Å². The van der Waals surface area contributed by atoms with E-state index in [1.54, 1.807) is 0 Å². The lowest BCUT2D eigenvalue weighted by atomic mass is 9.84. The minimum absolute atomic E-state index is 0.00262. The predicted molar refractivity (Wildman–Crippen MR) is 60.3 cm³/mol. The Kier molecular flexibility index (Phi) is 3.21. The van der Waals surface area contributed by atoms with Gasteiger partial charge in [-0.1, -0.05) is 6.42 Å². The molecule has 1 heterocycles. The minimum Gasteiger partial charge on any atom is -0.352 e. The Balaban J connectivity index is 1.82. The van der Waals surface area contributed by atoms with Crippen molar-refractivity contribution in [2.75, 3.05) is 19.3 Å². The smallest absolute Gasteiger partial charge is 0.223 e. The fraction of sp³-hybridized carbons (Fsp3) is 0.900. The summed E-state index contributed by atoms with van der Waals surface area (Å²) in [6.07, 6.45) is 5.04. The Bertz CT molecular complexity index is 376. The largest absolute Gasteiger partial charge is 0.352 e. The number of amides is 1. The second-order valence-electron chi connectivity index (χ2n) is 4.74. The Hall–Kier alpha value is -0.620. The van der Waals surface area contributed by atoms with Crippen molar-refractivity contribution in [3.8, 4) is 0 Å². The molecule has 1 unspecified atom stereocenters. The van der Waals surface area contributed by atoms with E-state index in [0.29, 0.717) is 13.1 Å². The molecule has 2 aliphatic rings. The SMILES string of the molecule is CS(=O)(=O)N1CCC(NC(=O)C2CCC2)C1. The molecule has 0 bridgehead atoms. The molecule has 0 spiro atoms. The third-order valence-electron chi connectivity index (χ3n) is 3.44. The fourth-order valence-electron chi connectivity index (χ4n) is 2.14. The summed E-state index contributed by atoms with van der Waals surface area (Å²) in [7, 11) is -3.10. The third-order valence-corrected chi connectivity index (χ3v) is 4.71. The lowest BCUT2D eigenvalue weighted by molar-refractivity contribution is -0.128. The average molecular weight is 246 g/mol. The summed E-state index contributed by atoms with van der Waals surface area (Å²) >= 11 is 0. The van der Waals surface area contributed by atoms with Gasteiger partial charge >= 0.3 is 0 Å². The summed E-state index contributed by atoms with van der Waals surface area (Å²) in [5.41, 5.74) is 0. The first-order valence-corrected chi connectivity index (χ1v) is 7.57. The van der Waals surface area contributed by atoms with Crippen LogP contribution in [0.25, 0.3) is 0 Å². The van der Waals surface area contributed by atoms with E-state index in [0.717, 1.165) is 25.7 Å². The summed E-state index contributed by atoms with van der Waals surface area (Å²) in [6.45, 7) is 0.950. The summed E-state index contributed by atoms with van der Waals surface area (Å²) < 4.78 is 24.0. The van der Waals surface area contributed by atoms with Crippen LogP contribution in [0.2, 0.25) is 0 Å². The molecule has 0 aromatic heterocycles. The second kappa shape index (κ2) is 4.33. The van der Waals surface area contributed by atoms with Gasteiger partial charge in [0, 0.05) is 25.0 Å². The van der Waals surface area contributed by atoms with E-state index in [1.807, 2.05) is 0 Å². The number of hydrogen-bond acceptors (Lipinski definition) is 3. The molecule has 0 aromatic carbocycles. The number of nitrogens with zero attached hydrogens (tertiary/aromatic N) is 1. The first-order chi connectivity index (χ1) is 7.47. The summed E-state index contributed by atoms with van der Waals surface area (Å²) in [5.74, 6) is 0.277. The van der Waals surface area contributed by atoms with Crippen molar-refractivity contribution in [3.05, 3.63) is 0 Å². The second-order valence-corrected chi connectivity index (χ2v) is 6.73. The highest BCUT2D eigenvalue weighted by Gasteiger charge is 2.32. The molecule has 1 atom stereocenters. The van der Waals surface area contributed by atoms with Gasteiger partial charge in [-0.3, -0.25) is 4.79 Å². The van der Waals surface area contributed by atoms with Crippen molar-refractivity contribution in [3.63, 3.8) is 0 Å². The van der Waals surface area contributed by atoms with Gasteiger partial charge in [0.25, 0.3) is 0 Å². The lowest BCUT2D eigenvalue weighted by Gasteiger charge is -2.26. The van der Waals surface area contributed by atoms with Crippen LogP contribution in [0.4, 0.5) is 0 Å². The average Bonchev–Trinajstić information content (AvgIpc) is 2.47. The van der Waals surface area contributed by atoms with Crippen LogP contribution in [-0.4, -0.2) is 44.0 Å². The Labute approximate surface area is 96.2 Å². The van der Waals surface area contributed by atoms with E-state index < -0.39 is 10.0 Å². The molecule has 1 aliphatic heterocycles. The van der Waals surface area contributed by atoms with Crippen molar-refractivity contribution < 1.29 is 13.2 Å². The lowest BCUT2D eigenvalue weighted by Crippen LogP contribution is -2.42. The topological polar surface area (TPSA) is 66.5 Å². The van der Waals surface area contributed by atoms with Gasteiger partial charge in [-0.25, -0.2) is 12.7 Å². The highest BCUT2D eigenvalue weighted by molar-refractivity contribution is 7.88. The normalized spacial score (nSPS) is 27.7. The van der Waals surface area contributed by atoms with Gasteiger partial charge in [-0.05, 0) is 19.3 Å². The number of carbonyl (C=O) groups is 1. The van der Waals surface area contributed by atoms with Gasteiger partial charge in [0.05, 0.1) is 6.26 Å². The summed E-state index contributed by atoms with van der Waals surface area (Å²) in [5, 5.41) is 2.94. The van der Waals surface area contributed by atoms with Crippen molar-refractivity contribution in [2.24, 2.45) is 5.92 Å². The van der Waals surface area contributed by atoms with Gasteiger partial charge < -0.3 is 5.32 Å². The van der Waals surface area contributed by atoms with Gasteiger partial charge in [-0.2, -0.15) is 0 Å². The summed E-state index contributed by atoms with van der Waals surface area (Å²) in [4.78, 5) is 11.7. The predicted octanol–water partition coefficient (Wildman–Crippen LogP) is -0.0634. The zero-order chi connectivity index (χ0) is 11.8. The molecule has 6 heteroatoms. The number of sulfonamides is 1. The van der Waals surface area contributed by atoms with Crippen molar-refractivity contribution in [1.82, 2.24) is 9.62 Å². The molecule has 1 N–H and O–H groups in total. The first kappa shape index (κ1) is 11.9. The molecule has 2 rings (SSSR count). The minimum atomic E-state index is -3.10. The maximum atomic E-state index is 11.7. The van der Waals surface area contributed by atoms with E-state index in [-0.39, 0.29) is 17.9 Å². The molecular weight excluding hydrogens is 228 g/mol. The molecule has 5 nitrogen and oxygen atoms in total. The number of carbonyl (C=O) groups excluding carboxylic acids is 1. The van der Waals surface area contributed by atoms with Gasteiger partial charge in [0.15, 0.2) is 0 Å². The van der Waals surface area contributed by atoms with Crippen LogP contribution in [0.15, 0.2) is 0 Å². The van der Waals surface area contributed by atoms with Crippen LogP contribution >= 0.6 is 0 Å². The monoisotopic (exact) mass is 246 g/mol. The van der Waals surface area contributed by atoms with E-state index in [9.17, 15) is 13.2 Å². The van der Waals surface area contributed by atoms with Crippen LogP contribution < -0.4 is 5.32 Å². The molecule has 2 fully saturated rings. The zero-order valence-electron chi connectivity index (χ0n) is 9.48.